The number of benzene rings is 2. The number of fused-ring (bicyclic) bond motifs is 1. The Hall–Kier alpha value is -2.89. The van der Waals surface area contributed by atoms with E-state index in [0.717, 1.165) is 11.3 Å². The highest BCUT2D eigenvalue weighted by Gasteiger charge is 2.14. The maximum Gasteiger partial charge on any atom is 0.251 e. The molecule has 0 bridgehead atoms. The van der Waals surface area contributed by atoms with Crippen molar-refractivity contribution in [2.45, 2.75) is 6.54 Å². The Bertz CT molecular complexity index is 715. The third kappa shape index (κ3) is 2.76. The number of ether oxygens (including phenoxy) is 3. The Morgan fingerprint density at radius 2 is 2.05 bits per heavy atom. The van der Waals surface area contributed by atoms with Crippen molar-refractivity contribution in [2.24, 2.45) is 0 Å². The van der Waals surface area contributed by atoms with Gasteiger partial charge in [-0.05, 0) is 35.9 Å². The summed E-state index contributed by atoms with van der Waals surface area (Å²) in [6, 6.07) is 10.5. The summed E-state index contributed by atoms with van der Waals surface area (Å²) in [5.74, 6) is 1.76. The molecule has 1 heterocycles. The summed E-state index contributed by atoms with van der Waals surface area (Å²) in [4.78, 5) is 12.1. The second-order valence-corrected chi connectivity index (χ2v) is 4.83. The van der Waals surface area contributed by atoms with Gasteiger partial charge in [0.25, 0.3) is 5.91 Å². The molecule has 0 spiro atoms. The number of amides is 1. The number of nitrogens with one attached hydrogen (secondary N) is 1. The predicted molar refractivity (Wildman–Crippen MR) is 81.1 cm³/mol. The maximum absolute atomic E-state index is 12.1. The quantitative estimate of drug-likeness (QED) is 0.843. The SMILES string of the molecule is COc1ccc(C(=O)NCc2ccc3c(c2)OCO3)cc1N. The van der Waals surface area contributed by atoms with Crippen molar-refractivity contribution in [3.8, 4) is 17.2 Å². The van der Waals surface area contributed by atoms with Gasteiger partial charge < -0.3 is 25.3 Å². The van der Waals surface area contributed by atoms with Crippen molar-refractivity contribution >= 4 is 11.6 Å². The minimum Gasteiger partial charge on any atom is -0.495 e. The molecule has 22 heavy (non-hydrogen) atoms. The van der Waals surface area contributed by atoms with E-state index in [-0.39, 0.29) is 12.7 Å². The van der Waals surface area contributed by atoms with Crippen molar-refractivity contribution in [3.05, 3.63) is 47.5 Å². The third-order valence-corrected chi connectivity index (χ3v) is 3.38. The summed E-state index contributed by atoms with van der Waals surface area (Å²) in [6.07, 6.45) is 0. The van der Waals surface area contributed by atoms with Gasteiger partial charge in [-0.3, -0.25) is 4.79 Å². The van der Waals surface area contributed by atoms with Crippen LogP contribution < -0.4 is 25.3 Å². The van der Waals surface area contributed by atoms with Crippen LogP contribution in [0.2, 0.25) is 0 Å². The zero-order valence-electron chi connectivity index (χ0n) is 12.1. The normalized spacial score (nSPS) is 12.0. The van der Waals surface area contributed by atoms with E-state index < -0.39 is 0 Å². The van der Waals surface area contributed by atoms with E-state index in [1.807, 2.05) is 18.2 Å². The van der Waals surface area contributed by atoms with Gasteiger partial charge in [-0.2, -0.15) is 0 Å². The fourth-order valence-corrected chi connectivity index (χ4v) is 2.21. The molecule has 0 saturated carbocycles. The molecular weight excluding hydrogens is 284 g/mol. The van der Waals surface area contributed by atoms with E-state index in [1.165, 1.54) is 7.11 Å². The Morgan fingerprint density at radius 3 is 2.82 bits per heavy atom. The molecule has 6 heteroatoms. The molecule has 0 saturated heterocycles. The number of hydrogen-bond donors (Lipinski definition) is 2. The van der Waals surface area contributed by atoms with Crippen LogP contribution >= 0.6 is 0 Å². The lowest BCUT2D eigenvalue weighted by Crippen LogP contribution is -2.22. The molecule has 1 aliphatic rings. The zero-order valence-corrected chi connectivity index (χ0v) is 12.1. The molecule has 2 aromatic carbocycles. The van der Waals surface area contributed by atoms with E-state index in [2.05, 4.69) is 5.32 Å². The first-order chi connectivity index (χ1) is 10.7. The molecule has 2 aromatic rings. The predicted octanol–water partition coefficient (Wildman–Crippen LogP) is 1.94. The number of rotatable bonds is 4. The van der Waals surface area contributed by atoms with Gasteiger partial charge in [0, 0.05) is 12.1 Å². The maximum atomic E-state index is 12.1. The molecular formula is C16H16N2O4. The van der Waals surface area contributed by atoms with Gasteiger partial charge in [0.1, 0.15) is 5.75 Å². The molecule has 0 unspecified atom stereocenters. The highest BCUT2D eigenvalue weighted by molar-refractivity contribution is 5.95. The number of carbonyl (C=O) groups is 1. The summed E-state index contributed by atoms with van der Waals surface area (Å²) in [5.41, 5.74) is 7.65. The molecule has 0 fully saturated rings. The first kappa shape index (κ1) is 14.1. The van der Waals surface area contributed by atoms with Gasteiger partial charge in [0.05, 0.1) is 12.8 Å². The molecule has 6 nitrogen and oxygen atoms in total. The minimum absolute atomic E-state index is 0.202. The van der Waals surface area contributed by atoms with Crippen LogP contribution in [-0.4, -0.2) is 19.8 Å². The number of nitrogen functional groups attached to an aromatic ring is 1. The second kappa shape index (κ2) is 5.85. The summed E-state index contributed by atoms with van der Waals surface area (Å²) in [5, 5.41) is 2.84. The Labute approximate surface area is 127 Å². The number of methoxy groups -OCH3 is 1. The van der Waals surface area contributed by atoms with E-state index in [4.69, 9.17) is 19.9 Å². The molecule has 0 aliphatic carbocycles. The minimum atomic E-state index is -0.202. The van der Waals surface area contributed by atoms with Crippen molar-refractivity contribution in [3.63, 3.8) is 0 Å². The smallest absolute Gasteiger partial charge is 0.251 e. The van der Waals surface area contributed by atoms with Crippen LogP contribution in [0.1, 0.15) is 15.9 Å². The molecule has 3 rings (SSSR count). The second-order valence-electron chi connectivity index (χ2n) is 4.83. The summed E-state index contributed by atoms with van der Waals surface area (Å²) in [7, 11) is 1.53. The van der Waals surface area contributed by atoms with Crippen LogP contribution in [-0.2, 0) is 6.54 Å². The summed E-state index contributed by atoms with van der Waals surface area (Å²) in [6.45, 7) is 0.623. The van der Waals surface area contributed by atoms with Crippen LogP contribution in [0.15, 0.2) is 36.4 Å². The first-order valence-corrected chi connectivity index (χ1v) is 6.77. The average Bonchev–Trinajstić information content (AvgIpc) is 3.00. The van der Waals surface area contributed by atoms with Gasteiger partial charge in [-0.25, -0.2) is 0 Å². The van der Waals surface area contributed by atoms with Crippen molar-refractivity contribution < 1.29 is 19.0 Å². The van der Waals surface area contributed by atoms with Crippen molar-refractivity contribution in [2.75, 3.05) is 19.6 Å². The van der Waals surface area contributed by atoms with Crippen LogP contribution in [0, 0.1) is 0 Å². The van der Waals surface area contributed by atoms with Gasteiger partial charge in [-0.1, -0.05) is 6.07 Å². The fraction of sp³-hybridized carbons (Fsp3) is 0.188. The first-order valence-electron chi connectivity index (χ1n) is 6.77. The van der Waals surface area contributed by atoms with Gasteiger partial charge in [0.15, 0.2) is 11.5 Å². The van der Waals surface area contributed by atoms with Crippen LogP contribution in [0.5, 0.6) is 17.2 Å². The molecule has 114 valence electrons. The lowest BCUT2D eigenvalue weighted by molar-refractivity contribution is 0.0951. The van der Waals surface area contributed by atoms with Gasteiger partial charge in [0.2, 0.25) is 6.79 Å². The highest BCUT2D eigenvalue weighted by atomic mass is 16.7. The number of carbonyl (C=O) groups excluding carboxylic acids is 1. The lowest BCUT2D eigenvalue weighted by atomic mass is 10.1. The molecule has 0 radical (unpaired) electrons. The van der Waals surface area contributed by atoms with E-state index in [9.17, 15) is 4.79 Å². The number of anilines is 1. The number of nitrogens with two attached hydrogens (primary N) is 1. The van der Waals surface area contributed by atoms with E-state index >= 15 is 0 Å². The van der Waals surface area contributed by atoms with E-state index in [1.54, 1.807) is 18.2 Å². The number of hydrogen-bond acceptors (Lipinski definition) is 5. The average molecular weight is 300 g/mol. The van der Waals surface area contributed by atoms with Crippen LogP contribution in [0.3, 0.4) is 0 Å². The molecule has 0 aromatic heterocycles. The van der Waals surface area contributed by atoms with Crippen molar-refractivity contribution in [1.29, 1.82) is 0 Å². The Kier molecular flexibility index (Phi) is 3.74. The summed E-state index contributed by atoms with van der Waals surface area (Å²) < 4.78 is 15.6. The van der Waals surface area contributed by atoms with Gasteiger partial charge in [-0.15, -0.1) is 0 Å². The van der Waals surface area contributed by atoms with Crippen LogP contribution in [0.25, 0.3) is 0 Å². The molecule has 1 amide bonds. The van der Waals surface area contributed by atoms with E-state index in [0.29, 0.717) is 29.3 Å². The lowest BCUT2D eigenvalue weighted by Gasteiger charge is -2.09. The van der Waals surface area contributed by atoms with Crippen LogP contribution in [0.4, 0.5) is 5.69 Å². The van der Waals surface area contributed by atoms with Gasteiger partial charge >= 0.3 is 0 Å². The topological polar surface area (TPSA) is 82.8 Å². The van der Waals surface area contributed by atoms with Crippen molar-refractivity contribution in [1.82, 2.24) is 5.32 Å². The molecule has 3 N–H and O–H groups in total. The fourth-order valence-electron chi connectivity index (χ4n) is 2.21. The Balaban J connectivity index is 1.66. The molecule has 0 atom stereocenters. The zero-order chi connectivity index (χ0) is 15.5. The highest BCUT2D eigenvalue weighted by Crippen LogP contribution is 2.32. The third-order valence-electron chi connectivity index (χ3n) is 3.38. The standard InChI is InChI=1S/C16H16N2O4/c1-20-13-5-3-11(7-12(13)17)16(19)18-8-10-2-4-14-15(6-10)22-9-21-14/h2-7H,8-9,17H2,1H3,(H,18,19). The molecule has 1 aliphatic heterocycles. The Morgan fingerprint density at radius 1 is 1.23 bits per heavy atom. The largest absolute Gasteiger partial charge is 0.495 e. The monoisotopic (exact) mass is 300 g/mol. The summed E-state index contributed by atoms with van der Waals surface area (Å²) >= 11 is 0.